The van der Waals surface area contributed by atoms with E-state index in [1.54, 1.807) is 0 Å². The Morgan fingerprint density at radius 1 is 0.0968 bits per heavy atom. The van der Waals surface area contributed by atoms with E-state index in [-0.39, 0.29) is 0 Å². The lowest BCUT2D eigenvalue weighted by Gasteiger charge is -2.20. The molecular weight excluding hydrogens is 1490 g/mol. The van der Waals surface area contributed by atoms with E-state index >= 15 is 0 Å². The molecule has 0 aliphatic rings. The van der Waals surface area contributed by atoms with Crippen LogP contribution in [-0.4, -0.2) is 0 Å². The SMILES string of the molecule is [2H]c1c([2H])c([2H])c(-c2c([2H])c(-c3c4c([2H])c([2H])c([2H])c([2H])c4c(-c4c([2H])c([2H])c5c([2H])c([2H])c([2H])c([2H])c5c4[2H])c4c([2H])c([2H])c([2H])c([2H])c34)c([2H])c3c([2H])c([2H])c([2H])c([2H])c23)c([2H])c1[2H].[2H]c1c([2H])c([2H])c(-c2c([2H])c([2H])c(-c3c4c([2H])c([2H])c([2H])c([2H])c4c(-c4c([2H])c([2H])c5c([2H])c([2H])c([2H])c([2H])c5c4[2H])c4c([2H])c([2H])c([2H])c([2H])c34)c3c([2H])c([2H])c([2H])c([2H])c23)c([2H])c1[2H].[2H]c1c([2H])c([2H])c2c([2H])c(-c3c([2H])c([2H])c(-c4c5c([2H])c([2H])c([2H])c([2H])c5c(-c5c([2H])c([2H])c6c([2H])c([2H])c([2H])c([2H])c6c5[2H])c5c([2H])c([2H])c([2H])c([2H])c45)c4c([2H])c([2H])c([2H])c([2H])c34)c([2H])c([2H])c2c1[2H]. The maximum absolute atomic E-state index is 9.85. The minimum atomic E-state index is -1.12. The molecule has 0 bridgehead atoms. The lowest BCUT2D eigenvalue weighted by molar-refractivity contribution is 1.64. The quantitative estimate of drug-likeness (QED) is 0.126. The maximum atomic E-state index is 9.85. The summed E-state index contributed by atoms with van der Waals surface area (Å²) in [6.07, 6.45) is 0. The van der Waals surface area contributed by atoms with E-state index < -0.39 is 724 Å². The molecule has 0 aliphatic carbocycles. The molecule has 0 aromatic heterocycles. The minimum Gasteiger partial charge on any atom is -0.0622 e. The van der Waals surface area contributed by atoms with Crippen molar-refractivity contribution >= 4 is 140 Å². The van der Waals surface area contributed by atoms with Crippen molar-refractivity contribution in [3.63, 3.8) is 0 Å². The van der Waals surface area contributed by atoms with E-state index in [1.807, 2.05) is 0 Å². The lowest BCUT2D eigenvalue weighted by atomic mass is 9.83. The van der Waals surface area contributed by atoms with Crippen molar-refractivity contribution in [3.05, 3.63) is 483 Å². The van der Waals surface area contributed by atoms with Gasteiger partial charge in [0.1, 0.15) is 0 Å². The first-order valence-electron chi connectivity index (χ1n) is 76.5. The van der Waals surface area contributed by atoms with Crippen molar-refractivity contribution in [1.29, 1.82) is 0 Å². The normalized spacial score (nSPS) is 20.6. The van der Waals surface area contributed by atoms with Crippen LogP contribution >= 0.6 is 0 Å². The fourth-order valence-corrected chi connectivity index (χ4v) is 14.6. The average molecular weight is 1650 g/mol. The molecule has 0 heteroatoms. The van der Waals surface area contributed by atoms with Gasteiger partial charge in [0.25, 0.3) is 0 Å². The predicted molar refractivity (Wildman–Crippen MR) is 536 cm³/mol. The van der Waals surface area contributed by atoms with Crippen LogP contribution in [0, 0.1) is 0 Å². The van der Waals surface area contributed by atoms with E-state index in [9.17, 15) is 38.4 Å². The van der Waals surface area contributed by atoms with Crippen LogP contribution in [0.4, 0.5) is 0 Å². The minimum absolute atomic E-state index is 0.572. The van der Waals surface area contributed by atoms with Gasteiger partial charge in [-0.05, 0) is 276 Å². The molecule has 0 nitrogen and oxygen atoms in total. The molecule has 0 radical (unpaired) electrons. The highest BCUT2D eigenvalue weighted by Gasteiger charge is 2.24. The van der Waals surface area contributed by atoms with Crippen molar-refractivity contribution in [3.8, 4) is 100 Å². The van der Waals surface area contributed by atoms with Crippen LogP contribution in [0.5, 0.6) is 0 Å². The van der Waals surface area contributed by atoms with Crippen LogP contribution in [0.2, 0.25) is 0 Å². The zero-order valence-corrected chi connectivity index (χ0v) is 62.0. The first kappa shape index (κ1) is 28.0. The summed E-state index contributed by atoms with van der Waals surface area (Å²) in [6, 6.07) is -75.7. The Kier molecular flexibility index (Phi) is 7.05. The van der Waals surface area contributed by atoms with Gasteiger partial charge in [0.15, 0.2) is 0 Å². The molecule has 0 amide bonds. The monoisotopic (exact) mass is 1650 g/mol. The Balaban J connectivity index is 0.000000157. The second-order valence-electron chi connectivity index (χ2n) is 26.5. The molecular formula is C124H80. The highest BCUT2D eigenvalue weighted by Crippen LogP contribution is 2.52. The Morgan fingerprint density at radius 2 is 0.298 bits per heavy atom. The van der Waals surface area contributed by atoms with Crippen LogP contribution in [0.1, 0.15) is 110 Å². The zero-order valence-electron chi connectivity index (χ0n) is 142. The topological polar surface area (TPSA) is 0 Å². The Labute approximate surface area is 832 Å². The highest BCUT2D eigenvalue weighted by atomic mass is 14.3. The number of hydrogen-bond donors (Lipinski definition) is 0. The van der Waals surface area contributed by atoms with E-state index in [4.69, 9.17) is 71.3 Å². The number of rotatable bonds is 9. The van der Waals surface area contributed by atoms with Crippen molar-refractivity contribution in [2.45, 2.75) is 0 Å². The number of fused-ring (bicyclic) bond motifs is 13. The third-order valence-corrected chi connectivity index (χ3v) is 19.8. The van der Waals surface area contributed by atoms with Crippen molar-refractivity contribution in [2.24, 2.45) is 0 Å². The first-order chi connectivity index (χ1) is 94.9. The molecule has 25 rings (SSSR count). The number of benzene rings is 25. The van der Waals surface area contributed by atoms with Crippen molar-refractivity contribution in [2.75, 3.05) is 0 Å². The van der Waals surface area contributed by atoms with Gasteiger partial charge < -0.3 is 0 Å². The van der Waals surface area contributed by atoms with Crippen molar-refractivity contribution < 1.29 is 110 Å². The molecule has 0 heterocycles. The third-order valence-electron chi connectivity index (χ3n) is 19.8. The van der Waals surface area contributed by atoms with E-state index in [2.05, 4.69) is 0 Å². The van der Waals surface area contributed by atoms with Gasteiger partial charge in [-0.25, -0.2) is 0 Å². The highest BCUT2D eigenvalue weighted by molar-refractivity contribution is 6.28. The fourth-order valence-electron chi connectivity index (χ4n) is 14.6. The maximum Gasteiger partial charge on any atom is 0.0636 e. The van der Waals surface area contributed by atoms with Crippen LogP contribution in [-0.2, 0) is 0 Å². The molecule has 0 saturated carbocycles. The summed E-state index contributed by atoms with van der Waals surface area (Å²) in [6.45, 7) is 0. The number of hydrogen-bond acceptors (Lipinski definition) is 0. The molecule has 25 aromatic rings. The van der Waals surface area contributed by atoms with Gasteiger partial charge in [0.05, 0.1) is 110 Å². The van der Waals surface area contributed by atoms with Gasteiger partial charge in [0.2, 0.25) is 0 Å². The summed E-state index contributed by atoms with van der Waals surface area (Å²) in [5.41, 5.74) is -13.9. The van der Waals surface area contributed by atoms with Crippen LogP contribution in [0.3, 0.4) is 0 Å². The van der Waals surface area contributed by atoms with E-state index in [0.29, 0.717) is 0 Å². The summed E-state index contributed by atoms with van der Waals surface area (Å²) >= 11 is 0. The molecule has 0 atom stereocenters. The van der Waals surface area contributed by atoms with Gasteiger partial charge in [-0.2, -0.15) is 0 Å². The van der Waals surface area contributed by atoms with Gasteiger partial charge in [0, 0.05) is 0 Å². The van der Waals surface area contributed by atoms with Gasteiger partial charge in [-0.3, -0.25) is 0 Å². The molecule has 0 aliphatic heterocycles. The molecule has 0 N–H and O–H groups in total. The largest absolute Gasteiger partial charge is 0.0636 e. The standard InChI is InChI=1S/C44H28.2C40H26/c1-3-13-31-27-33(23-21-29(31)11-1)35-25-26-42(37-16-6-5-15-36(35)37)44-40-19-9-7-17-38(40)43(39-18-8-10-20-41(39)44)34-24-22-30-12-2-4-14-32(30)28-34;1-2-13-28(14-3-1)38-26-32(25-30-16-6-7-17-33(30)38)40-36-20-10-8-18-34(36)39(35-19-9-11-21-37(35)40)31-23-22-27-12-4-5-15-29(27)24-31;1-2-13-28(14-3-1)31-24-25-38(33-17-7-6-16-32(31)33)40-36-20-10-8-18-34(36)39(35-19-9-11-21-37(35)40)30-23-22-27-12-4-5-15-29(27)26-30/h1-28H;2*1-26H/i1D,2D,3D,4D,5D,6D,7D,8D,9D,10D,11D,12D,13D,14D,15D,16D,17D,18D,19D,20D,21D,22D,23D,24D,25D,26D,27D,28D;2*1D,2D,3D,4D,5D,6D,7D,8D,9D,10D,11D,12D,13D,14D,15D,16D,17D,18D,19D,20D,21D,22D,23D,24D,25D,26D. The van der Waals surface area contributed by atoms with Crippen molar-refractivity contribution in [1.82, 2.24) is 0 Å². The summed E-state index contributed by atoms with van der Waals surface area (Å²) in [5.74, 6) is 0. The predicted octanol–water partition coefficient (Wildman–Crippen LogP) is 35.1. The summed E-state index contributed by atoms with van der Waals surface area (Å²) in [7, 11) is 0. The van der Waals surface area contributed by atoms with Crippen LogP contribution in [0.15, 0.2) is 483 Å². The fraction of sp³-hybridized carbons (Fsp3) is 0. The van der Waals surface area contributed by atoms with Gasteiger partial charge in [-0.1, -0.05) is 447 Å². The molecule has 124 heavy (non-hydrogen) atoms. The van der Waals surface area contributed by atoms with Crippen LogP contribution in [0.25, 0.3) is 240 Å². The van der Waals surface area contributed by atoms with E-state index in [0.717, 1.165) is 0 Å². The average Bonchev–Trinajstić information content (AvgIpc) is 0.680. The molecule has 0 spiro atoms. The summed E-state index contributed by atoms with van der Waals surface area (Å²) in [4.78, 5) is 0. The Morgan fingerprint density at radius 3 is 0.621 bits per heavy atom. The second kappa shape index (κ2) is 31.2. The summed E-state index contributed by atoms with van der Waals surface area (Å²) < 4.78 is 715. The van der Waals surface area contributed by atoms with Gasteiger partial charge >= 0.3 is 0 Å². The molecule has 0 unspecified atom stereocenters. The molecule has 25 aromatic carbocycles. The molecule has 0 fully saturated rings. The molecule has 0 saturated heterocycles. The van der Waals surface area contributed by atoms with E-state index in [1.165, 1.54) is 0 Å². The van der Waals surface area contributed by atoms with Crippen LogP contribution < -0.4 is 0 Å². The third kappa shape index (κ3) is 12.9. The Bertz CT molecular complexity index is 13500. The summed E-state index contributed by atoms with van der Waals surface area (Å²) in [5, 5.41) is -18.3. The Hall–Kier alpha value is -16.1. The first-order valence-corrected chi connectivity index (χ1v) is 36.5. The zero-order chi connectivity index (χ0) is 152. The molecule has 576 valence electrons. The second-order valence-corrected chi connectivity index (χ2v) is 26.5. The lowest BCUT2D eigenvalue weighted by Crippen LogP contribution is -1.92. The van der Waals surface area contributed by atoms with Gasteiger partial charge in [-0.15, -0.1) is 0 Å². The smallest absolute Gasteiger partial charge is 0.0622 e.